The molecule has 1 aliphatic rings. The van der Waals surface area contributed by atoms with Gasteiger partial charge in [-0.25, -0.2) is 0 Å². The number of rotatable bonds is 7. The van der Waals surface area contributed by atoms with Gasteiger partial charge in [0.25, 0.3) is 5.91 Å². The minimum Gasteiger partial charge on any atom is -0.493 e. The molecule has 1 heterocycles. The lowest BCUT2D eigenvalue weighted by Crippen LogP contribution is -2.28. The van der Waals surface area contributed by atoms with Crippen LogP contribution in [0.5, 0.6) is 11.5 Å². The zero-order valence-electron chi connectivity index (χ0n) is 15.6. The number of benzene rings is 2. The average Bonchev–Trinajstić information content (AvgIpc) is 2.95. The second-order valence-corrected chi connectivity index (χ2v) is 8.21. The number of methoxy groups -OCH3 is 1. The van der Waals surface area contributed by atoms with E-state index in [2.05, 4.69) is 0 Å². The Morgan fingerprint density at radius 2 is 2.00 bits per heavy atom. The number of thiocarbonyl (C=S) groups is 1. The minimum absolute atomic E-state index is 0.0464. The Hall–Kier alpha value is -2.02. The Balaban J connectivity index is 1.77. The van der Waals surface area contributed by atoms with Crippen molar-refractivity contribution in [3.8, 4) is 11.5 Å². The van der Waals surface area contributed by atoms with Crippen molar-refractivity contribution >= 4 is 51.9 Å². The van der Waals surface area contributed by atoms with Crippen LogP contribution in [-0.4, -0.2) is 28.8 Å². The van der Waals surface area contributed by atoms with Crippen LogP contribution < -0.4 is 9.47 Å². The highest BCUT2D eigenvalue weighted by Gasteiger charge is 2.31. The second kappa shape index (κ2) is 9.45. The molecule has 0 radical (unpaired) electrons. The Morgan fingerprint density at radius 1 is 1.21 bits per heavy atom. The summed E-state index contributed by atoms with van der Waals surface area (Å²) in [4.78, 5) is 14.8. The van der Waals surface area contributed by atoms with E-state index < -0.39 is 0 Å². The lowest BCUT2D eigenvalue weighted by Gasteiger charge is -2.12. The van der Waals surface area contributed by atoms with Gasteiger partial charge in [0.2, 0.25) is 0 Å². The van der Waals surface area contributed by atoms with Crippen molar-refractivity contribution in [2.45, 2.75) is 20.0 Å². The predicted molar refractivity (Wildman–Crippen MR) is 119 cm³/mol. The second-order valence-electron chi connectivity index (χ2n) is 6.12. The van der Waals surface area contributed by atoms with Crippen LogP contribution in [0.2, 0.25) is 5.02 Å². The molecular weight excluding hydrogens is 414 g/mol. The van der Waals surface area contributed by atoms with E-state index in [0.717, 1.165) is 17.5 Å². The molecule has 0 spiro atoms. The summed E-state index contributed by atoms with van der Waals surface area (Å²) >= 11 is 12.8. The largest absolute Gasteiger partial charge is 0.493 e. The van der Waals surface area contributed by atoms with E-state index in [1.54, 1.807) is 12.0 Å². The number of nitrogens with zero attached hydrogens (tertiary/aromatic N) is 1. The molecule has 0 N–H and O–H groups in total. The van der Waals surface area contributed by atoms with Crippen LogP contribution in [0.4, 0.5) is 0 Å². The highest BCUT2D eigenvalue weighted by atomic mass is 35.5. The number of halogens is 1. The van der Waals surface area contributed by atoms with E-state index in [-0.39, 0.29) is 5.91 Å². The van der Waals surface area contributed by atoms with Gasteiger partial charge in [-0.3, -0.25) is 9.69 Å². The van der Waals surface area contributed by atoms with Gasteiger partial charge in [-0.2, -0.15) is 0 Å². The normalized spacial score (nSPS) is 15.4. The maximum Gasteiger partial charge on any atom is 0.266 e. The van der Waals surface area contributed by atoms with E-state index in [1.807, 2.05) is 55.5 Å². The van der Waals surface area contributed by atoms with Crippen molar-refractivity contribution in [1.29, 1.82) is 0 Å². The van der Waals surface area contributed by atoms with Crippen molar-refractivity contribution in [2.75, 3.05) is 13.7 Å². The Morgan fingerprint density at radius 3 is 2.71 bits per heavy atom. The van der Waals surface area contributed by atoms with E-state index in [4.69, 9.17) is 33.3 Å². The lowest BCUT2D eigenvalue weighted by molar-refractivity contribution is -0.122. The molecule has 4 nitrogen and oxygen atoms in total. The van der Waals surface area contributed by atoms with Crippen molar-refractivity contribution in [3.05, 3.63) is 63.5 Å². The van der Waals surface area contributed by atoms with Gasteiger partial charge in [0.15, 0.2) is 11.5 Å². The summed E-state index contributed by atoms with van der Waals surface area (Å²) in [5, 5.41) is 0.659. The predicted octanol–water partition coefficient (Wildman–Crippen LogP) is 5.54. The molecule has 2 aromatic carbocycles. The van der Waals surface area contributed by atoms with Crippen molar-refractivity contribution in [3.63, 3.8) is 0 Å². The van der Waals surface area contributed by atoms with Crippen LogP contribution in [0.1, 0.15) is 24.5 Å². The molecule has 0 unspecified atom stereocenters. The number of amides is 1. The molecule has 3 rings (SSSR count). The first-order valence-corrected chi connectivity index (χ1v) is 10.4. The summed E-state index contributed by atoms with van der Waals surface area (Å²) in [5.41, 5.74) is 1.74. The average molecular weight is 434 g/mol. The molecule has 2 aromatic rings. The molecule has 1 saturated heterocycles. The van der Waals surface area contributed by atoms with Crippen LogP contribution in [-0.2, 0) is 11.4 Å². The van der Waals surface area contributed by atoms with Crippen molar-refractivity contribution in [2.24, 2.45) is 0 Å². The molecule has 1 fully saturated rings. The summed E-state index contributed by atoms with van der Waals surface area (Å²) in [5.74, 6) is 1.15. The highest BCUT2D eigenvalue weighted by molar-refractivity contribution is 8.26. The zero-order chi connectivity index (χ0) is 20.1. The number of carbonyl (C=O) groups excluding carboxylic acids is 1. The molecule has 0 aromatic heterocycles. The minimum atomic E-state index is -0.0464. The molecule has 146 valence electrons. The third-order valence-corrected chi connectivity index (χ3v) is 5.89. The topological polar surface area (TPSA) is 38.8 Å². The van der Waals surface area contributed by atoms with E-state index in [9.17, 15) is 4.79 Å². The number of hydrogen-bond donors (Lipinski definition) is 0. The zero-order valence-corrected chi connectivity index (χ0v) is 18.0. The smallest absolute Gasteiger partial charge is 0.266 e. The summed E-state index contributed by atoms with van der Waals surface area (Å²) in [7, 11) is 1.59. The molecule has 0 bridgehead atoms. The first-order chi connectivity index (χ1) is 13.5. The molecule has 0 aliphatic carbocycles. The van der Waals surface area contributed by atoms with Gasteiger partial charge in [-0.05, 0) is 36.3 Å². The maximum absolute atomic E-state index is 12.5. The monoisotopic (exact) mass is 433 g/mol. The third-order valence-electron chi connectivity index (χ3n) is 4.15. The maximum atomic E-state index is 12.5. The van der Waals surface area contributed by atoms with E-state index in [1.165, 1.54) is 11.8 Å². The van der Waals surface area contributed by atoms with Crippen LogP contribution in [0, 0.1) is 0 Å². The van der Waals surface area contributed by atoms with Gasteiger partial charge in [0.05, 0.1) is 12.0 Å². The van der Waals surface area contributed by atoms with Crippen LogP contribution >= 0.6 is 35.6 Å². The first kappa shape index (κ1) is 20.7. The number of ether oxygens (including phenoxy) is 2. The molecule has 28 heavy (non-hydrogen) atoms. The Labute approximate surface area is 179 Å². The SMILES string of the molecule is CCCN1C(=O)/C(=C/c2ccc(OCc3ccccc3Cl)c(OC)c2)SC1=S. The van der Waals surface area contributed by atoms with Crippen LogP contribution in [0.15, 0.2) is 47.4 Å². The summed E-state index contributed by atoms with van der Waals surface area (Å²) in [6.07, 6.45) is 2.69. The van der Waals surface area contributed by atoms with Gasteiger partial charge in [-0.15, -0.1) is 0 Å². The number of thioether (sulfide) groups is 1. The third kappa shape index (κ3) is 4.69. The quantitative estimate of drug-likeness (QED) is 0.423. The molecule has 1 amide bonds. The number of hydrogen-bond acceptors (Lipinski definition) is 5. The molecule has 0 atom stereocenters. The van der Waals surface area contributed by atoms with Gasteiger partial charge in [0, 0.05) is 17.1 Å². The van der Waals surface area contributed by atoms with Crippen LogP contribution in [0.3, 0.4) is 0 Å². The van der Waals surface area contributed by atoms with Gasteiger partial charge in [-0.1, -0.05) is 66.8 Å². The van der Waals surface area contributed by atoms with Gasteiger partial charge in [0.1, 0.15) is 10.9 Å². The summed E-state index contributed by atoms with van der Waals surface area (Å²) in [6, 6.07) is 13.1. The fraction of sp³-hybridized carbons (Fsp3) is 0.238. The van der Waals surface area contributed by atoms with Crippen molar-refractivity contribution < 1.29 is 14.3 Å². The Bertz CT molecular complexity index is 930. The first-order valence-electron chi connectivity index (χ1n) is 8.83. The standard InChI is InChI=1S/C21H20ClNO3S2/c1-3-10-23-20(24)19(28-21(23)27)12-14-8-9-17(18(11-14)25-2)26-13-15-6-4-5-7-16(15)22/h4-9,11-12H,3,10,13H2,1-2H3/b19-12-. The summed E-state index contributed by atoms with van der Waals surface area (Å²) in [6.45, 7) is 3.00. The lowest BCUT2D eigenvalue weighted by atomic mass is 10.1. The fourth-order valence-electron chi connectivity index (χ4n) is 2.73. The molecular formula is C21H20ClNO3S2. The number of carbonyl (C=O) groups is 1. The fourth-order valence-corrected chi connectivity index (χ4v) is 4.23. The van der Waals surface area contributed by atoms with Crippen LogP contribution in [0.25, 0.3) is 6.08 Å². The molecule has 7 heteroatoms. The Kier molecular flexibility index (Phi) is 6.99. The van der Waals surface area contributed by atoms with E-state index >= 15 is 0 Å². The molecule has 1 aliphatic heterocycles. The van der Waals surface area contributed by atoms with Gasteiger partial charge >= 0.3 is 0 Å². The van der Waals surface area contributed by atoms with E-state index in [0.29, 0.717) is 38.9 Å². The summed E-state index contributed by atoms with van der Waals surface area (Å²) < 4.78 is 11.9. The molecule has 0 saturated carbocycles. The van der Waals surface area contributed by atoms with Crippen molar-refractivity contribution in [1.82, 2.24) is 4.90 Å². The highest BCUT2D eigenvalue weighted by Crippen LogP contribution is 2.35. The van der Waals surface area contributed by atoms with Gasteiger partial charge < -0.3 is 9.47 Å².